The summed E-state index contributed by atoms with van der Waals surface area (Å²) in [4.78, 5) is 1.53. The Morgan fingerprint density at radius 2 is 1.61 bits per heavy atom. The predicted molar refractivity (Wildman–Crippen MR) is 56.3 cm³/mol. The van der Waals surface area contributed by atoms with E-state index >= 15 is 0 Å². The Morgan fingerprint density at radius 3 is 2.11 bits per heavy atom. The van der Waals surface area contributed by atoms with Gasteiger partial charge in [-0.05, 0) is 18.2 Å². The van der Waals surface area contributed by atoms with Gasteiger partial charge in [0.1, 0.15) is 5.82 Å². The van der Waals surface area contributed by atoms with Crippen LogP contribution in [-0.2, 0) is 6.18 Å². The van der Waals surface area contributed by atoms with Crippen LogP contribution >= 0.6 is 0 Å². The van der Waals surface area contributed by atoms with E-state index < -0.39 is 17.6 Å². The van der Waals surface area contributed by atoms with Gasteiger partial charge in [0.25, 0.3) is 0 Å². The first kappa shape index (κ1) is 13.1. The molecule has 2 rings (SSSR count). The molecule has 0 saturated carbocycles. The number of anilines is 1. The highest BCUT2D eigenvalue weighted by atomic mass is 19.4. The molecule has 1 heterocycles. The summed E-state index contributed by atoms with van der Waals surface area (Å²) < 4.78 is 63.4. The molecule has 1 aromatic carbocycles. The fourth-order valence-corrected chi connectivity index (χ4v) is 1.86. The zero-order valence-corrected chi connectivity index (χ0v) is 9.34. The Morgan fingerprint density at radius 1 is 1.00 bits per heavy atom. The molecule has 1 aliphatic rings. The highest BCUT2D eigenvalue weighted by Crippen LogP contribution is 2.32. The summed E-state index contributed by atoms with van der Waals surface area (Å²) in [6.45, 7) is 0.721. The number of nitrogens with zero attached hydrogens (tertiary/aromatic N) is 2. The SMILES string of the molecule is Fc1cc(C(F)(F)F)ccc1N1CCN(F)CC1. The van der Waals surface area contributed by atoms with E-state index in [2.05, 4.69) is 0 Å². The van der Waals surface area contributed by atoms with Crippen molar-refractivity contribution in [1.82, 2.24) is 5.12 Å². The Balaban J connectivity index is 2.20. The van der Waals surface area contributed by atoms with Gasteiger partial charge < -0.3 is 4.90 Å². The summed E-state index contributed by atoms with van der Waals surface area (Å²) in [5.41, 5.74) is -0.941. The second kappa shape index (κ2) is 4.72. The number of halogens is 5. The molecule has 0 bridgehead atoms. The molecule has 1 saturated heterocycles. The number of hydrogen-bond acceptors (Lipinski definition) is 2. The quantitative estimate of drug-likeness (QED) is 0.569. The van der Waals surface area contributed by atoms with Crippen LogP contribution in [0.1, 0.15) is 5.56 Å². The zero-order chi connectivity index (χ0) is 13.3. The maximum Gasteiger partial charge on any atom is 0.416 e. The van der Waals surface area contributed by atoms with Crippen LogP contribution in [0.25, 0.3) is 0 Å². The van der Waals surface area contributed by atoms with Gasteiger partial charge in [0.15, 0.2) is 0 Å². The van der Waals surface area contributed by atoms with Gasteiger partial charge in [0, 0.05) is 26.2 Å². The molecular weight excluding hydrogens is 255 g/mol. The fourth-order valence-electron chi connectivity index (χ4n) is 1.86. The molecule has 0 radical (unpaired) electrons. The molecule has 0 amide bonds. The van der Waals surface area contributed by atoms with Crippen LogP contribution in [0.15, 0.2) is 18.2 Å². The van der Waals surface area contributed by atoms with E-state index in [1.807, 2.05) is 0 Å². The molecular formula is C11H11F5N2. The Kier molecular flexibility index (Phi) is 3.43. The standard InChI is InChI=1S/C11H11F5N2/c12-9-7-8(11(13,14)15)1-2-10(9)17-3-5-18(16)6-4-17/h1-2,7H,3-6H2. The van der Waals surface area contributed by atoms with E-state index in [0.717, 1.165) is 12.1 Å². The van der Waals surface area contributed by atoms with Gasteiger partial charge >= 0.3 is 6.18 Å². The van der Waals surface area contributed by atoms with Gasteiger partial charge in [0.2, 0.25) is 0 Å². The molecule has 0 aromatic heterocycles. The molecule has 1 fully saturated rings. The van der Waals surface area contributed by atoms with E-state index in [-0.39, 0.29) is 31.9 Å². The van der Waals surface area contributed by atoms with Crippen LogP contribution in [0.5, 0.6) is 0 Å². The van der Waals surface area contributed by atoms with Crippen molar-refractivity contribution in [2.75, 3.05) is 31.1 Å². The molecule has 2 nitrogen and oxygen atoms in total. The van der Waals surface area contributed by atoms with Crippen molar-refractivity contribution in [1.29, 1.82) is 0 Å². The molecule has 0 N–H and O–H groups in total. The van der Waals surface area contributed by atoms with Crippen LogP contribution in [0, 0.1) is 5.82 Å². The average molecular weight is 266 g/mol. The average Bonchev–Trinajstić information content (AvgIpc) is 2.29. The topological polar surface area (TPSA) is 6.48 Å². The molecule has 0 aliphatic carbocycles. The van der Waals surface area contributed by atoms with Crippen LogP contribution in [-0.4, -0.2) is 31.3 Å². The zero-order valence-electron chi connectivity index (χ0n) is 9.34. The Labute approximate surface area is 101 Å². The van der Waals surface area contributed by atoms with E-state index in [1.54, 1.807) is 0 Å². The van der Waals surface area contributed by atoms with Crippen molar-refractivity contribution in [3.63, 3.8) is 0 Å². The lowest BCUT2D eigenvalue weighted by Gasteiger charge is -2.31. The van der Waals surface area contributed by atoms with Gasteiger partial charge in [-0.3, -0.25) is 0 Å². The number of benzene rings is 1. The molecule has 0 spiro atoms. The first-order valence-corrected chi connectivity index (χ1v) is 5.40. The van der Waals surface area contributed by atoms with Gasteiger partial charge in [-0.15, -0.1) is 9.60 Å². The summed E-state index contributed by atoms with van der Waals surface area (Å²) in [6.07, 6.45) is -4.56. The fraction of sp³-hybridized carbons (Fsp3) is 0.455. The maximum atomic E-state index is 13.6. The van der Waals surface area contributed by atoms with Gasteiger partial charge in [-0.1, -0.05) is 0 Å². The molecule has 0 atom stereocenters. The summed E-state index contributed by atoms with van der Waals surface area (Å²) in [7, 11) is 0. The minimum atomic E-state index is -4.56. The van der Waals surface area contributed by atoms with E-state index in [4.69, 9.17) is 0 Å². The van der Waals surface area contributed by atoms with Crippen molar-refractivity contribution in [3.8, 4) is 0 Å². The lowest BCUT2D eigenvalue weighted by Crippen LogP contribution is -2.43. The molecule has 100 valence electrons. The van der Waals surface area contributed by atoms with Crippen molar-refractivity contribution in [2.45, 2.75) is 6.18 Å². The van der Waals surface area contributed by atoms with Crippen LogP contribution in [0.3, 0.4) is 0 Å². The third-order valence-corrected chi connectivity index (χ3v) is 2.84. The van der Waals surface area contributed by atoms with Crippen molar-refractivity contribution < 1.29 is 22.0 Å². The minimum Gasteiger partial charge on any atom is -0.366 e. The third kappa shape index (κ3) is 2.72. The molecule has 18 heavy (non-hydrogen) atoms. The van der Waals surface area contributed by atoms with E-state index in [1.165, 1.54) is 4.90 Å². The minimum absolute atomic E-state index is 0.0797. The molecule has 1 aromatic rings. The van der Waals surface area contributed by atoms with Crippen LogP contribution < -0.4 is 4.90 Å². The second-order valence-electron chi connectivity index (χ2n) is 4.06. The van der Waals surface area contributed by atoms with Crippen molar-refractivity contribution in [2.24, 2.45) is 0 Å². The van der Waals surface area contributed by atoms with E-state index in [9.17, 15) is 22.0 Å². The summed E-state index contributed by atoms with van der Waals surface area (Å²) >= 11 is 0. The van der Waals surface area contributed by atoms with Gasteiger partial charge in [-0.2, -0.15) is 13.2 Å². The van der Waals surface area contributed by atoms with Crippen molar-refractivity contribution >= 4 is 5.69 Å². The first-order valence-electron chi connectivity index (χ1n) is 5.40. The summed E-state index contributed by atoms with van der Waals surface area (Å²) in [5.74, 6) is -0.933. The van der Waals surface area contributed by atoms with Crippen LogP contribution in [0.2, 0.25) is 0 Å². The normalized spacial score (nSPS) is 18.2. The summed E-state index contributed by atoms with van der Waals surface area (Å²) in [5, 5.41) is 0.596. The van der Waals surface area contributed by atoms with Crippen LogP contribution in [0.4, 0.5) is 27.7 Å². The lowest BCUT2D eigenvalue weighted by atomic mass is 10.1. The molecule has 0 unspecified atom stereocenters. The highest BCUT2D eigenvalue weighted by molar-refractivity contribution is 5.50. The number of rotatable bonds is 1. The number of piperazine rings is 1. The van der Waals surface area contributed by atoms with E-state index in [0.29, 0.717) is 11.2 Å². The second-order valence-corrected chi connectivity index (χ2v) is 4.06. The lowest BCUT2D eigenvalue weighted by molar-refractivity contribution is -0.137. The maximum absolute atomic E-state index is 13.6. The molecule has 7 heteroatoms. The van der Waals surface area contributed by atoms with Gasteiger partial charge in [-0.25, -0.2) is 4.39 Å². The first-order chi connectivity index (χ1) is 8.38. The smallest absolute Gasteiger partial charge is 0.366 e. The summed E-state index contributed by atoms with van der Waals surface area (Å²) in [6, 6.07) is 2.39. The predicted octanol–water partition coefficient (Wildman–Crippen LogP) is 2.85. The number of alkyl halides is 3. The molecule has 1 aliphatic heterocycles. The largest absolute Gasteiger partial charge is 0.416 e. The van der Waals surface area contributed by atoms with Gasteiger partial charge in [0.05, 0.1) is 11.3 Å². The number of hydrogen-bond donors (Lipinski definition) is 0. The monoisotopic (exact) mass is 266 g/mol. The third-order valence-electron chi connectivity index (χ3n) is 2.84. The highest BCUT2D eigenvalue weighted by Gasteiger charge is 2.31. The Hall–Kier alpha value is -1.37. The van der Waals surface area contributed by atoms with Crippen molar-refractivity contribution in [3.05, 3.63) is 29.6 Å². The Bertz CT molecular complexity index is 424.